The number of benzene rings is 2. The molecular weight excluding hydrogens is 472 g/mol. The van der Waals surface area contributed by atoms with Crippen LogP contribution in [0, 0.1) is 13.8 Å². The number of aliphatic hydroxyl groups is 6. The van der Waals surface area contributed by atoms with Crippen LogP contribution >= 0.6 is 24.4 Å². The van der Waals surface area contributed by atoms with E-state index >= 15 is 0 Å². The molecule has 0 amide bonds. The molecular formula is C26H32O6S2. The summed E-state index contributed by atoms with van der Waals surface area (Å²) in [4.78, 5) is -0.399. The molecule has 5 atom stereocenters. The summed E-state index contributed by atoms with van der Waals surface area (Å²) < 4.78 is 0. The summed E-state index contributed by atoms with van der Waals surface area (Å²) in [6.45, 7) is 8.02. The number of aliphatic hydroxyl groups excluding tert-OH is 4. The maximum Gasteiger partial charge on any atom is 0.157 e. The first-order valence-electron chi connectivity index (χ1n) is 10.8. The van der Waals surface area contributed by atoms with Gasteiger partial charge in [-0.2, -0.15) is 0 Å². The van der Waals surface area contributed by atoms with Crippen LogP contribution in [0.1, 0.15) is 35.6 Å². The second-order valence-corrected chi connectivity index (χ2v) is 9.59. The van der Waals surface area contributed by atoms with E-state index in [0.717, 1.165) is 5.56 Å². The predicted octanol–water partition coefficient (Wildman–Crippen LogP) is 1.94. The molecule has 34 heavy (non-hydrogen) atoms. The fraction of sp³-hybridized carbons (Fsp3) is 0.385. The van der Waals surface area contributed by atoms with Crippen molar-refractivity contribution < 1.29 is 30.6 Å². The molecule has 0 fully saturated rings. The maximum atomic E-state index is 11.9. The minimum Gasteiger partial charge on any atom is -0.394 e. The van der Waals surface area contributed by atoms with Gasteiger partial charge in [-0.05, 0) is 43.0 Å². The fourth-order valence-corrected chi connectivity index (χ4v) is 4.92. The van der Waals surface area contributed by atoms with Crippen molar-refractivity contribution in [3.63, 3.8) is 0 Å². The van der Waals surface area contributed by atoms with Crippen molar-refractivity contribution in [2.75, 3.05) is 6.61 Å². The Balaban J connectivity index is 2.77. The van der Waals surface area contributed by atoms with Crippen molar-refractivity contribution in [2.45, 2.75) is 56.7 Å². The quantitative estimate of drug-likeness (QED) is 0.156. The molecule has 6 N–H and O–H groups in total. The van der Waals surface area contributed by atoms with E-state index in [4.69, 9.17) is 24.4 Å². The maximum absolute atomic E-state index is 11.9. The van der Waals surface area contributed by atoms with Gasteiger partial charge in [-0.1, -0.05) is 78.5 Å². The number of aryl methyl sites for hydroxylation is 2. The Hall–Kier alpha value is -1.88. The highest BCUT2D eigenvalue weighted by molar-refractivity contribution is 7.81. The van der Waals surface area contributed by atoms with Crippen LogP contribution in [0.3, 0.4) is 0 Å². The molecule has 0 radical (unpaired) electrons. The minimum absolute atomic E-state index is 0.0854. The Morgan fingerprint density at radius 2 is 1.32 bits per heavy atom. The van der Waals surface area contributed by atoms with E-state index in [2.05, 4.69) is 6.58 Å². The first-order valence-corrected chi connectivity index (χ1v) is 11.6. The molecule has 0 spiro atoms. The van der Waals surface area contributed by atoms with E-state index in [-0.39, 0.29) is 16.1 Å². The zero-order chi connectivity index (χ0) is 25.8. The summed E-state index contributed by atoms with van der Waals surface area (Å²) >= 11 is 11.2. The largest absolute Gasteiger partial charge is 0.394 e. The highest BCUT2D eigenvalue weighted by Crippen LogP contribution is 2.37. The molecule has 2 aromatic carbocycles. The van der Waals surface area contributed by atoms with Gasteiger partial charge >= 0.3 is 0 Å². The minimum atomic E-state index is -2.78. The normalized spacial score (nSPS) is 17.7. The molecule has 0 aromatic heterocycles. The Kier molecular flexibility index (Phi) is 9.37. The van der Waals surface area contributed by atoms with Gasteiger partial charge in [0.25, 0.3) is 0 Å². The summed E-state index contributed by atoms with van der Waals surface area (Å²) in [6.07, 6.45) is -6.49. The molecule has 0 saturated heterocycles. The zero-order valence-electron chi connectivity index (χ0n) is 19.5. The first-order chi connectivity index (χ1) is 15.8. The molecule has 184 valence electrons. The smallest absolute Gasteiger partial charge is 0.157 e. The number of hydrogen-bond acceptors (Lipinski definition) is 8. The van der Waals surface area contributed by atoms with Crippen LogP contribution in [0.4, 0.5) is 0 Å². The van der Waals surface area contributed by atoms with Gasteiger partial charge in [-0.15, -0.1) is 6.58 Å². The average molecular weight is 505 g/mol. The number of hydrogen-bond donors (Lipinski definition) is 6. The van der Waals surface area contributed by atoms with E-state index in [1.807, 2.05) is 0 Å². The molecule has 0 heterocycles. The second-order valence-electron chi connectivity index (χ2n) is 8.77. The summed E-state index contributed by atoms with van der Waals surface area (Å²) in [5, 5.41) is 66.0. The molecule has 6 nitrogen and oxygen atoms in total. The molecule has 1 unspecified atom stereocenters. The van der Waals surface area contributed by atoms with E-state index in [0.29, 0.717) is 22.3 Å². The lowest BCUT2D eigenvalue weighted by molar-refractivity contribution is -0.180. The highest BCUT2D eigenvalue weighted by Gasteiger charge is 2.58. The van der Waals surface area contributed by atoms with Gasteiger partial charge in [0.1, 0.15) is 23.9 Å². The van der Waals surface area contributed by atoms with Crippen molar-refractivity contribution in [2.24, 2.45) is 0 Å². The van der Waals surface area contributed by atoms with Crippen molar-refractivity contribution in [3.05, 3.63) is 82.9 Å². The lowest BCUT2D eigenvalue weighted by atomic mass is 9.70. The van der Waals surface area contributed by atoms with Gasteiger partial charge in [0, 0.05) is 6.42 Å². The van der Waals surface area contributed by atoms with Gasteiger partial charge in [0.05, 0.1) is 16.3 Å². The highest BCUT2D eigenvalue weighted by atomic mass is 32.1. The number of thiocarbonyl (C=S) groups is 2. The van der Waals surface area contributed by atoms with E-state index in [9.17, 15) is 30.6 Å². The molecule has 0 aliphatic carbocycles. The van der Waals surface area contributed by atoms with E-state index in [1.54, 1.807) is 69.3 Å². The molecule has 2 rings (SSSR count). The van der Waals surface area contributed by atoms with Crippen molar-refractivity contribution >= 4 is 34.2 Å². The van der Waals surface area contributed by atoms with E-state index < -0.39 is 36.1 Å². The van der Waals surface area contributed by atoms with E-state index in [1.165, 1.54) is 0 Å². The summed E-state index contributed by atoms with van der Waals surface area (Å²) in [6, 6.07) is 13.7. The third-order valence-electron chi connectivity index (χ3n) is 5.98. The lowest BCUT2D eigenvalue weighted by Gasteiger charge is -2.46. The van der Waals surface area contributed by atoms with Crippen LogP contribution in [0.25, 0.3) is 0 Å². The van der Waals surface area contributed by atoms with Gasteiger partial charge in [-0.3, -0.25) is 0 Å². The van der Waals surface area contributed by atoms with Crippen molar-refractivity contribution in [1.29, 1.82) is 0 Å². The van der Waals surface area contributed by atoms with Crippen LogP contribution in [0.15, 0.2) is 60.7 Å². The fourth-order valence-electron chi connectivity index (χ4n) is 4.04. The topological polar surface area (TPSA) is 121 Å². The van der Waals surface area contributed by atoms with Gasteiger partial charge in [0.2, 0.25) is 0 Å². The first kappa shape index (κ1) is 28.4. The third kappa shape index (κ3) is 5.35. The zero-order valence-corrected chi connectivity index (χ0v) is 21.1. The Morgan fingerprint density at radius 1 is 0.882 bits per heavy atom. The predicted molar refractivity (Wildman–Crippen MR) is 140 cm³/mol. The molecule has 2 aromatic rings. The standard InChI is InChI=1S/C26H32O6S2/c1-15(2)13-25(31,22(33)18-11-7-5-9-16(18)3)24(30)26(32,21(29)20(28)14-27)23(34)19-12-8-6-10-17(19)4/h5-12,20-21,24,27-32H,1,13-14H2,2-4H3/t20-,21+,24+,25?,26-/m0/s1. The van der Waals surface area contributed by atoms with Crippen LogP contribution < -0.4 is 0 Å². The Labute approximate surface area is 210 Å². The third-order valence-corrected chi connectivity index (χ3v) is 7.10. The second kappa shape index (κ2) is 11.2. The molecule has 0 bridgehead atoms. The average Bonchev–Trinajstić information content (AvgIpc) is 2.81. The lowest BCUT2D eigenvalue weighted by Crippen LogP contribution is -2.70. The summed E-state index contributed by atoms with van der Waals surface area (Å²) in [5.74, 6) is 0. The molecule has 0 aliphatic heterocycles. The van der Waals surface area contributed by atoms with Gasteiger partial charge < -0.3 is 30.6 Å². The van der Waals surface area contributed by atoms with Gasteiger partial charge in [0.15, 0.2) is 5.60 Å². The molecule has 0 aliphatic rings. The SMILES string of the molecule is C=C(C)CC(O)(C(=S)c1ccccc1C)[C@@H](O)[C@@](O)(C(=S)c1ccccc1C)[C@H](O)[C@@H](O)CO. The van der Waals surface area contributed by atoms with Crippen molar-refractivity contribution in [3.8, 4) is 0 Å². The van der Waals surface area contributed by atoms with Crippen LogP contribution in [0.2, 0.25) is 0 Å². The van der Waals surface area contributed by atoms with Crippen LogP contribution in [-0.2, 0) is 0 Å². The Bertz CT molecular complexity index is 1070. The molecule has 8 heteroatoms. The summed E-state index contributed by atoms with van der Waals surface area (Å²) in [7, 11) is 0. The summed E-state index contributed by atoms with van der Waals surface area (Å²) in [5.41, 5.74) is -2.51. The van der Waals surface area contributed by atoms with Gasteiger partial charge in [-0.25, -0.2) is 0 Å². The van der Waals surface area contributed by atoms with Crippen LogP contribution in [-0.4, -0.2) is 76.5 Å². The van der Waals surface area contributed by atoms with Crippen molar-refractivity contribution in [1.82, 2.24) is 0 Å². The molecule has 0 saturated carbocycles. The van der Waals surface area contributed by atoms with Crippen LogP contribution in [0.5, 0.6) is 0 Å². The Morgan fingerprint density at radius 3 is 1.74 bits per heavy atom. The number of rotatable bonds is 11. The monoisotopic (exact) mass is 504 g/mol.